The van der Waals surface area contributed by atoms with Crippen LogP contribution in [0.2, 0.25) is 0 Å². The molecule has 0 fully saturated rings. The molecule has 0 atom stereocenters. The zero-order valence-corrected chi connectivity index (χ0v) is 6.14. The Bertz CT molecular complexity index is 233. The van der Waals surface area contributed by atoms with Crippen molar-refractivity contribution in [1.29, 1.82) is 0 Å². The van der Waals surface area contributed by atoms with Crippen LogP contribution >= 0.6 is 0 Å². The zero-order valence-electron chi connectivity index (χ0n) is 6.14. The molecule has 2 heteroatoms. The van der Waals surface area contributed by atoms with E-state index >= 15 is 0 Å². The van der Waals surface area contributed by atoms with Crippen LogP contribution in [-0.4, -0.2) is 0 Å². The standard InChI is InChI=1S/C8H10NO/c1-6-3-4-8(9-10)7(2)5-6/h3-5,9H,1-2H3/q-1. The van der Waals surface area contributed by atoms with Crippen LogP contribution in [-0.2, 0) is 0 Å². The summed E-state index contributed by atoms with van der Waals surface area (Å²) < 4.78 is 0. The van der Waals surface area contributed by atoms with Gasteiger partial charge >= 0.3 is 0 Å². The monoisotopic (exact) mass is 136 g/mol. The van der Waals surface area contributed by atoms with Gasteiger partial charge in [-0.05, 0) is 25.5 Å². The third-order valence-electron chi connectivity index (χ3n) is 1.49. The molecule has 0 saturated heterocycles. The first-order valence-corrected chi connectivity index (χ1v) is 3.19. The van der Waals surface area contributed by atoms with Crippen LogP contribution < -0.4 is 5.48 Å². The summed E-state index contributed by atoms with van der Waals surface area (Å²) in [6, 6.07) is 5.67. The van der Waals surface area contributed by atoms with Gasteiger partial charge in [-0.2, -0.15) is 0 Å². The summed E-state index contributed by atoms with van der Waals surface area (Å²) >= 11 is 0. The van der Waals surface area contributed by atoms with Gasteiger partial charge in [0, 0.05) is 5.69 Å². The summed E-state index contributed by atoms with van der Waals surface area (Å²) in [5.41, 5.74) is 4.70. The minimum Gasteiger partial charge on any atom is -0.761 e. The fourth-order valence-electron chi connectivity index (χ4n) is 0.928. The van der Waals surface area contributed by atoms with Gasteiger partial charge in [0.15, 0.2) is 0 Å². The number of hydrogen-bond acceptors (Lipinski definition) is 2. The van der Waals surface area contributed by atoms with E-state index in [2.05, 4.69) is 0 Å². The molecule has 10 heavy (non-hydrogen) atoms. The maximum absolute atomic E-state index is 10.2. The Labute approximate surface area is 60.5 Å². The van der Waals surface area contributed by atoms with Crippen molar-refractivity contribution in [2.45, 2.75) is 13.8 Å². The Kier molecular flexibility index (Phi) is 1.92. The number of benzene rings is 1. The van der Waals surface area contributed by atoms with Crippen molar-refractivity contribution in [3.8, 4) is 0 Å². The Morgan fingerprint density at radius 2 is 2.00 bits per heavy atom. The summed E-state index contributed by atoms with van der Waals surface area (Å²) in [7, 11) is 0. The number of nitrogens with one attached hydrogen (secondary N) is 1. The van der Waals surface area contributed by atoms with Gasteiger partial charge in [-0.1, -0.05) is 17.7 Å². The van der Waals surface area contributed by atoms with Crippen LogP contribution in [0.15, 0.2) is 18.2 Å². The first-order valence-electron chi connectivity index (χ1n) is 3.19. The van der Waals surface area contributed by atoms with Crippen LogP contribution in [0.4, 0.5) is 5.69 Å². The Morgan fingerprint density at radius 1 is 1.30 bits per heavy atom. The van der Waals surface area contributed by atoms with E-state index in [1.807, 2.05) is 31.5 Å². The maximum atomic E-state index is 10.2. The van der Waals surface area contributed by atoms with Crippen LogP contribution in [0.1, 0.15) is 11.1 Å². The molecule has 0 unspecified atom stereocenters. The van der Waals surface area contributed by atoms with Gasteiger partial charge in [0.05, 0.1) is 0 Å². The van der Waals surface area contributed by atoms with Gasteiger partial charge in [0.25, 0.3) is 0 Å². The maximum Gasteiger partial charge on any atom is 0.0263 e. The van der Waals surface area contributed by atoms with Crippen molar-refractivity contribution >= 4 is 5.69 Å². The minimum absolute atomic E-state index is 0.658. The van der Waals surface area contributed by atoms with Crippen molar-refractivity contribution in [2.24, 2.45) is 0 Å². The molecule has 0 saturated carbocycles. The van der Waals surface area contributed by atoms with Crippen molar-refractivity contribution in [3.05, 3.63) is 34.5 Å². The average molecular weight is 136 g/mol. The highest BCUT2D eigenvalue weighted by Gasteiger charge is 1.91. The summed E-state index contributed by atoms with van der Waals surface area (Å²) in [4.78, 5) is 0. The zero-order chi connectivity index (χ0) is 7.56. The molecule has 1 aromatic carbocycles. The second-order valence-corrected chi connectivity index (χ2v) is 2.42. The highest BCUT2D eigenvalue weighted by atomic mass is 16.5. The van der Waals surface area contributed by atoms with Crippen LogP contribution in [0.3, 0.4) is 0 Å². The molecule has 1 aromatic rings. The van der Waals surface area contributed by atoms with Gasteiger partial charge in [-0.3, -0.25) is 0 Å². The third kappa shape index (κ3) is 1.28. The summed E-state index contributed by atoms with van der Waals surface area (Å²) in [5.74, 6) is 0. The number of anilines is 1. The molecule has 2 nitrogen and oxygen atoms in total. The van der Waals surface area contributed by atoms with E-state index in [1.165, 1.54) is 5.56 Å². The third-order valence-corrected chi connectivity index (χ3v) is 1.49. The lowest BCUT2D eigenvalue weighted by Gasteiger charge is -2.12. The van der Waals surface area contributed by atoms with Crippen LogP contribution in [0.25, 0.3) is 0 Å². The number of hydrogen-bond donors (Lipinski definition) is 1. The normalized spacial score (nSPS) is 9.50. The minimum atomic E-state index is 0.658. The average Bonchev–Trinajstić information content (AvgIpc) is 1.88. The van der Waals surface area contributed by atoms with Crippen LogP contribution in [0.5, 0.6) is 0 Å². The number of aryl methyl sites for hydroxylation is 2. The summed E-state index contributed by atoms with van der Waals surface area (Å²) in [6.45, 7) is 3.91. The molecule has 0 radical (unpaired) electrons. The van der Waals surface area contributed by atoms with Crippen molar-refractivity contribution in [3.63, 3.8) is 0 Å². The second-order valence-electron chi connectivity index (χ2n) is 2.42. The van der Waals surface area contributed by atoms with E-state index in [1.54, 1.807) is 6.07 Å². The topological polar surface area (TPSA) is 35.1 Å². The van der Waals surface area contributed by atoms with E-state index in [0.717, 1.165) is 5.56 Å². The highest BCUT2D eigenvalue weighted by Crippen LogP contribution is 2.14. The Morgan fingerprint density at radius 3 is 2.50 bits per heavy atom. The smallest absolute Gasteiger partial charge is 0.0263 e. The second kappa shape index (κ2) is 2.71. The van der Waals surface area contributed by atoms with E-state index in [9.17, 15) is 5.21 Å². The highest BCUT2D eigenvalue weighted by molar-refractivity contribution is 5.52. The summed E-state index contributed by atoms with van der Waals surface area (Å²) in [5, 5.41) is 10.2. The van der Waals surface area contributed by atoms with Gasteiger partial charge in [0.2, 0.25) is 0 Å². The van der Waals surface area contributed by atoms with Crippen molar-refractivity contribution in [1.82, 2.24) is 0 Å². The first kappa shape index (κ1) is 7.09. The van der Waals surface area contributed by atoms with Gasteiger partial charge < -0.3 is 10.7 Å². The predicted octanol–water partition coefficient (Wildman–Crippen LogP) is 2.21. The fraction of sp³-hybridized carbons (Fsp3) is 0.250. The lowest BCUT2D eigenvalue weighted by molar-refractivity contribution is 1.37. The lowest BCUT2D eigenvalue weighted by Crippen LogP contribution is -1.88. The molecule has 0 aromatic heterocycles. The molecule has 0 bridgehead atoms. The quantitative estimate of drug-likeness (QED) is 0.601. The first-order chi connectivity index (χ1) is 4.74. The molecule has 0 amide bonds. The SMILES string of the molecule is Cc1ccc(N[O-])c(C)c1. The molecular formula is C8H10NO-. The van der Waals surface area contributed by atoms with E-state index in [-0.39, 0.29) is 0 Å². The van der Waals surface area contributed by atoms with Gasteiger partial charge in [-0.25, -0.2) is 0 Å². The molecule has 1 N–H and O–H groups in total. The van der Waals surface area contributed by atoms with Crippen molar-refractivity contribution < 1.29 is 0 Å². The lowest BCUT2D eigenvalue weighted by atomic mass is 10.1. The number of rotatable bonds is 1. The molecule has 0 aliphatic heterocycles. The van der Waals surface area contributed by atoms with Gasteiger partial charge in [0.1, 0.15) is 0 Å². The van der Waals surface area contributed by atoms with Gasteiger partial charge in [-0.15, -0.1) is 0 Å². The predicted molar refractivity (Wildman–Crippen MR) is 42.9 cm³/mol. The molecule has 0 aliphatic carbocycles. The molecular weight excluding hydrogens is 126 g/mol. The van der Waals surface area contributed by atoms with E-state index in [4.69, 9.17) is 0 Å². The Balaban J connectivity index is 3.07. The van der Waals surface area contributed by atoms with Crippen molar-refractivity contribution in [2.75, 3.05) is 5.48 Å². The van der Waals surface area contributed by atoms with Crippen LogP contribution in [0, 0.1) is 19.1 Å². The molecule has 54 valence electrons. The summed E-state index contributed by atoms with van der Waals surface area (Å²) in [6.07, 6.45) is 0. The molecule has 0 aliphatic rings. The van der Waals surface area contributed by atoms with E-state index < -0.39 is 0 Å². The Hall–Kier alpha value is -1.02. The molecule has 1 rings (SSSR count). The largest absolute Gasteiger partial charge is 0.761 e. The molecule has 0 heterocycles. The van der Waals surface area contributed by atoms with E-state index in [0.29, 0.717) is 5.69 Å². The fourth-order valence-corrected chi connectivity index (χ4v) is 0.928. The molecule has 0 spiro atoms.